The highest BCUT2D eigenvalue weighted by atomic mass is 16.2. The molecule has 1 unspecified atom stereocenters. The SMILES string of the molecule is CCCC(C)N(C)C(=O)c1ccc(NC)nc1. The van der Waals surface area contributed by atoms with Crippen molar-refractivity contribution < 1.29 is 4.79 Å². The van der Waals surface area contributed by atoms with Gasteiger partial charge in [-0.25, -0.2) is 4.98 Å². The molecule has 0 bridgehead atoms. The van der Waals surface area contributed by atoms with Crippen LogP contribution in [0.4, 0.5) is 5.82 Å². The predicted octanol–water partition coefficient (Wildman–Crippen LogP) is 2.38. The van der Waals surface area contributed by atoms with Crippen LogP contribution in [0.1, 0.15) is 37.0 Å². The fraction of sp³-hybridized carbons (Fsp3) is 0.538. The molecule has 1 aromatic heterocycles. The number of nitrogens with one attached hydrogen (secondary N) is 1. The third-order valence-corrected chi connectivity index (χ3v) is 2.95. The van der Waals surface area contributed by atoms with Gasteiger partial charge in [0, 0.05) is 26.3 Å². The molecule has 0 fully saturated rings. The van der Waals surface area contributed by atoms with Crippen molar-refractivity contribution >= 4 is 11.7 Å². The van der Waals surface area contributed by atoms with E-state index < -0.39 is 0 Å². The molecule has 0 aliphatic rings. The maximum atomic E-state index is 12.1. The lowest BCUT2D eigenvalue weighted by Gasteiger charge is -2.24. The molecule has 0 aliphatic heterocycles. The topological polar surface area (TPSA) is 45.2 Å². The Morgan fingerprint density at radius 1 is 1.53 bits per heavy atom. The van der Waals surface area contributed by atoms with E-state index in [-0.39, 0.29) is 11.9 Å². The van der Waals surface area contributed by atoms with Crippen LogP contribution in [0.15, 0.2) is 18.3 Å². The van der Waals surface area contributed by atoms with E-state index in [2.05, 4.69) is 24.1 Å². The number of pyridine rings is 1. The Bertz CT molecular complexity index is 361. The lowest BCUT2D eigenvalue weighted by molar-refractivity contribution is 0.0736. The first kappa shape index (κ1) is 13.5. The van der Waals surface area contributed by atoms with Gasteiger partial charge in [0.15, 0.2) is 0 Å². The molecule has 4 heteroatoms. The first-order valence-corrected chi connectivity index (χ1v) is 6.01. The molecule has 0 aromatic carbocycles. The lowest BCUT2D eigenvalue weighted by Crippen LogP contribution is -2.35. The van der Waals surface area contributed by atoms with Crippen LogP contribution in [-0.2, 0) is 0 Å². The summed E-state index contributed by atoms with van der Waals surface area (Å²) < 4.78 is 0. The Kier molecular flexibility index (Phi) is 4.94. The van der Waals surface area contributed by atoms with E-state index in [1.165, 1.54) is 0 Å². The maximum Gasteiger partial charge on any atom is 0.255 e. The van der Waals surface area contributed by atoms with Crippen LogP contribution in [0.3, 0.4) is 0 Å². The summed E-state index contributed by atoms with van der Waals surface area (Å²) in [5.41, 5.74) is 0.634. The number of carbonyl (C=O) groups excluding carboxylic acids is 1. The van der Waals surface area contributed by atoms with Crippen molar-refractivity contribution in [2.75, 3.05) is 19.4 Å². The molecule has 0 aliphatic carbocycles. The van der Waals surface area contributed by atoms with Gasteiger partial charge in [-0.3, -0.25) is 4.79 Å². The summed E-state index contributed by atoms with van der Waals surface area (Å²) >= 11 is 0. The van der Waals surface area contributed by atoms with Gasteiger partial charge in [-0.15, -0.1) is 0 Å². The first-order valence-electron chi connectivity index (χ1n) is 6.01. The van der Waals surface area contributed by atoms with Crippen LogP contribution in [0, 0.1) is 0 Å². The fourth-order valence-corrected chi connectivity index (χ4v) is 1.68. The highest BCUT2D eigenvalue weighted by Crippen LogP contribution is 2.11. The molecule has 1 rings (SSSR count). The van der Waals surface area contributed by atoms with E-state index >= 15 is 0 Å². The molecule has 4 nitrogen and oxygen atoms in total. The zero-order valence-electron chi connectivity index (χ0n) is 11.0. The second-order valence-electron chi connectivity index (χ2n) is 4.24. The maximum absolute atomic E-state index is 12.1. The van der Waals surface area contributed by atoms with Gasteiger partial charge in [0.1, 0.15) is 5.82 Å². The van der Waals surface area contributed by atoms with Crippen molar-refractivity contribution in [3.63, 3.8) is 0 Å². The standard InChI is InChI=1S/C13H21N3O/c1-5-6-10(2)16(4)13(17)11-7-8-12(14-3)15-9-11/h7-10H,5-6H2,1-4H3,(H,14,15). The lowest BCUT2D eigenvalue weighted by atomic mass is 10.1. The van der Waals surface area contributed by atoms with E-state index in [1.54, 1.807) is 24.2 Å². The van der Waals surface area contributed by atoms with E-state index in [9.17, 15) is 4.79 Å². The number of amides is 1. The molecule has 1 atom stereocenters. The van der Waals surface area contributed by atoms with E-state index in [4.69, 9.17) is 0 Å². The minimum atomic E-state index is 0.0288. The van der Waals surface area contributed by atoms with Crippen molar-refractivity contribution in [1.29, 1.82) is 0 Å². The molecule has 0 radical (unpaired) electrons. The van der Waals surface area contributed by atoms with Crippen molar-refractivity contribution in [1.82, 2.24) is 9.88 Å². The van der Waals surface area contributed by atoms with Crippen LogP contribution < -0.4 is 5.32 Å². The van der Waals surface area contributed by atoms with Crippen molar-refractivity contribution in [3.05, 3.63) is 23.9 Å². The second kappa shape index (κ2) is 6.23. The highest BCUT2D eigenvalue weighted by molar-refractivity contribution is 5.94. The molecule has 0 spiro atoms. The zero-order valence-corrected chi connectivity index (χ0v) is 11.0. The molecule has 1 amide bonds. The van der Waals surface area contributed by atoms with Crippen LogP contribution in [0.25, 0.3) is 0 Å². The molecule has 1 N–H and O–H groups in total. The molecular formula is C13H21N3O. The molecule has 0 saturated carbocycles. The molecule has 17 heavy (non-hydrogen) atoms. The Balaban J connectivity index is 2.74. The van der Waals surface area contributed by atoms with Crippen LogP contribution in [-0.4, -0.2) is 35.9 Å². The summed E-state index contributed by atoms with van der Waals surface area (Å²) in [7, 11) is 3.65. The molecule has 0 saturated heterocycles. The Labute approximate surface area is 103 Å². The molecular weight excluding hydrogens is 214 g/mol. The number of nitrogens with zero attached hydrogens (tertiary/aromatic N) is 2. The van der Waals surface area contributed by atoms with Gasteiger partial charge in [0.2, 0.25) is 0 Å². The quantitative estimate of drug-likeness (QED) is 0.852. The summed E-state index contributed by atoms with van der Waals surface area (Å²) in [6.07, 6.45) is 3.71. The summed E-state index contributed by atoms with van der Waals surface area (Å²) in [5, 5.41) is 2.93. The summed E-state index contributed by atoms with van der Waals surface area (Å²) in [6, 6.07) is 3.87. The van der Waals surface area contributed by atoms with E-state index in [1.807, 2.05) is 13.1 Å². The van der Waals surface area contributed by atoms with Gasteiger partial charge in [0.05, 0.1) is 5.56 Å². The number of anilines is 1. The molecule has 1 aromatic rings. The minimum Gasteiger partial charge on any atom is -0.373 e. The van der Waals surface area contributed by atoms with Gasteiger partial charge in [0.25, 0.3) is 5.91 Å². The van der Waals surface area contributed by atoms with Gasteiger partial charge < -0.3 is 10.2 Å². The fourth-order valence-electron chi connectivity index (χ4n) is 1.68. The van der Waals surface area contributed by atoms with Gasteiger partial charge in [-0.2, -0.15) is 0 Å². The van der Waals surface area contributed by atoms with E-state index in [0.29, 0.717) is 5.56 Å². The average Bonchev–Trinajstić information content (AvgIpc) is 2.37. The number of hydrogen-bond donors (Lipinski definition) is 1. The first-order chi connectivity index (χ1) is 8.10. The zero-order chi connectivity index (χ0) is 12.8. The average molecular weight is 235 g/mol. The van der Waals surface area contributed by atoms with Crippen molar-refractivity contribution in [2.24, 2.45) is 0 Å². The highest BCUT2D eigenvalue weighted by Gasteiger charge is 2.16. The number of rotatable bonds is 5. The van der Waals surface area contributed by atoms with E-state index in [0.717, 1.165) is 18.7 Å². The third-order valence-electron chi connectivity index (χ3n) is 2.95. The third kappa shape index (κ3) is 3.44. The summed E-state index contributed by atoms with van der Waals surface area (Å²) in [5.74, 6) is 0.798. The predicted molar refractivity (Wildman–Crippen MR) is 70.2 cm³/mol. The monoisotopic (exact) mass is 235 g/mol. The Morgan fingerprint density at radius 3 is 2.71 bits per heavy atom. The van der Waals surface area contributed by atoms with Gasteiger partial charge in [-0.1, -0.05) is 13.3 Å². The normalized spacial score (nSPS) is 12.0. The van der Waals surface area contributed by atoms with Gasteiger partial charge >= 0.3 is 0 Å². The van der Waals surface area contributed by atoms with Crippen LogP contribution in [0.2, 0.25) is 0 Å². The molecule has 94 valence electrons. The van der Waals surface area contributed by atoms with Crippen LogP contribution in [0.5, 0.6) is 0 Å². The van der Waals surface area contributed by atoms with Crippen LogP contribution >= 0.6 is 0 Å². The Morgan fingerprint density at radius 2 is 2.24 bits per heavy atom. The largest absolute Gasteiger partial charge is 0.373 e. The van der Waals surface area contributed by atoms with Gasteiger partial charge in [-0.05, 0) is 25.5 Å². The number of hydrogen-bond acceptors (Lipinski definition) is 3. The Hall–Kier alpha value is -1.58. The van der Waals surface area contributed by atoms with Crippen molar-refractivity contribution in [2.45, 2.75) is 32.7 Å². The number of carbonyl (C=O) groups is 1. The smallest absolute Gasteiger partial charge is 0.255 e. The van der Waals surface area contributed by atoms with Crippen molar-refractivity contribution in [3.8, 4) is 0 Å². The second-order valence-corrected chi connectivity index (χ2v) is 4.24. The number of aromatic nitrogens is 1. The minimum absolute atomic E-state index is 0.0288. The summed E-state index contributed by atoms with van der Waals surface area (Å²) in [4.78, 5) is 18.1. The molecule has 1 heterocycles. The summed E-state index contributed by atoms with van der Waals surface area (Å²) in [6.45, 7) is 4.19.